The van der Waals surface area contributed by atoms with E-state index in [-0.39, 0.29) is 24.0 Å². The van der Waals surface area contributed by atoms with Crippen molar-refractivity contribution in [3.05, 3.63) is 17.1 Å². The highest BCUT2D eigenvalue weighted by atomic mass is 127. The first-order valence-corrected chi connectivity index (χ1v) is 6.37. The molecule has 1 aromatic heterocycles. The topological polar surface area (TPSA) is 3.88 Å². The molecular weight excluding hydrogens is 396 g/mol. The van der Waals surface area contributed by atoms with Gasteiger partial charge < -0.3 is 24.0 Å². The molecule has 0 amide bonds. The molecule has 0 bridgehead atoms. The van der Waals surface area contributed by atoms with E-state index in [2.05, 4.69) is 44.2 Å². The molecular formula is C8H13I2NS. The summed E-state index contributed by atoms with van der Waals surface area (Å²) in [5, 5.41) is 2.12. The summed E-state index contributed by atoms with van der Waals surface area (Å²) in [6.07, 6.45) is 6.20. The van der Waals surface area contributed by atoms with Crippen LogP contribution in [0, 0.1) is 0 Å². The predicted molar refractivity (Wildman–Crippen MR) is 57.3 cm³/mol. The van der Waals surface area contributed by atoms with Gasteiger partial charge in [-0.05, 0) is 17.3 Å². The quantitative estimate of drug-likeness (QED) is 0.271. The average Bonchev–Trinajstić information content (AvgIpc) is 2.50. The lowest BCUT2D eigenvalue weighted by atomic mass is 10.2. The molecule has 1 heterocycles. The van der Waals surface area contributed by atoms with Crippen molar-refractivity contribution in [3.8, 4) is 0 Å². The second-order valence-electron chi connectivity index (χ2n) is 2.51. The van der Waals surface area contributed by atoms with E-state index in [1.165, 1.54) is 30.2 Å². The number of halogens is 2. The van der Waals surface area contributed by atoms with Crippen molar-refractivity contribution in [3.63, 3.8) is 0 Å². The summed E-state index contributed by atoms with van der Waals surface area (Å²) in [4.78, 5) is 0. The predicted octanol–water partition coefficient (Wildman–Crippen LogP) is -0.355. The molecule has 0 aliphatic rings. The molecule has 0 aromatic carbocycles. The third kappa shape index (κ3) is 5.69. The Bertz CT molecular complexity index is 177. The van der Waals surface area contributed by atoms with Crippen molar-refractivity contribution < 1.29 is 28.5 Å². The van der Waals surface area contributed by atoms with Gasteiger partial charge in [0, 0.05) is 6.42 Å². The molecule has 0 atom stereocenters. The first-order chi connectivity index (χ1) is 5.43. The molecule has 1 aromatic rings. The fraction of sp³-hybridized carbons (Fsp3) is 0.625. The van der Waals surface area contributed by atoms with Gasteiger partial charge in [-0.2, -0.15) is 4.57 Å². The third-order valence-corrected chi connectivity index (χ3v) is 3.01. The van der Waals surface area contributed by atoms with Crippen molar-refractivity contribution in [1.29, 1.82) is 0 Å². The fourth-order valence-corrected chi connectivity index (χ4v) is 2.12. The molecule has 0 spiro atoms. The minimum atomic E-state index is 0. The zero-order chi connectivity index (χ0) is 7.94. The highest BCUT2D eigenvalue weighted by Gasteiger charge is 1.97. The van der Waals surface area contributed by atoms with Crippen LogP contribution in [0.4, 0.5) is 0 Å². The molecule has 0 N–H and O–H groups in total. The van der Waals surface area contributed by atoms with Crippen molar-refractivity contribution >= 4 is 33.9 Å². The van der Waals surface area contributed by atoms with Crippen LogP contribution in [0.25, 0.3) is 0 Å². The molecule has 12 heavy (non-hydrogen) atoms. The van der Waals surface area contributed by atoms with Crippen LogP contribution < -0.4 is 28.5 Å². The number of alkyl halides is 1. The lowest BCUT2D eigenvalue weighted by molar-refractivity contribution is -0.692. The van der Waals surface area contributed by atoms with Gasteiger partial charge in [0.2, 0.25) is 5.51 Å². The Morgan fingerprint density at radius 3 is 2.67 bits per heavy atom. The largest absolute Gasteiger partial charge is 1.00 e. The molecule has 4 heteroatoms. The van der Waals surface area contributed by atoms with E-state index in [0.717, 1.165) is 0 Å². The maximum absolute atomic E-state index is 2.44. The molecule has 0 aliphatic carbocycles. The maximum atomic E-state index is 2.44. The van der Waals surface area contributed by atoms with Gasteiger partial charge in [0.15, 0.2) is 6.20 Å². The van der Waals surface area contributed by atoms with E-state index in [1.54, 1.807) is 11.3 Å². The second-order valence-corrected chi connectivity index (χ2v) is 4.35. The highest BCUT2D eigenvalue weighted by molar-refractivity contribution is 14.1. The van der Waals surface area contributed by atoms with Crippen LogP contribution in [0.2, 0.25) is 0 Å². The fourth-order valence-electron chi connectivity index (χ4n) is 0.955. The van der Waals surface area contributed by atoms with Gasteiger partial charge in [0.25, 0.3) is 0 Å². The van der Waals surface area contributed by atoms with Gasteiger partial charge in [0.1, 0.15) is 6.54 Å². The Morgan fingerprint density at radius 2 is 2.08 bits per heavy atom. The van der Waals surface area contributed by atoms with Crippen LogP contribution >= 0.6 is 33.9 Å². The minimum Gasteiger partial charge on any atom is -1.00 e. The monoisotopic (exact) mass is 409 g/mol. The van der Waals surface area contributed by atoms with E-state index in [9.17, 15) is 0 Å². The number of hydrogen-bond donors (Lipinski definition) is 0. The van der Waals surface area contributed by atoms with E-state index in [1.807, 2.05) is 0 Å². The standard InChI is InChI=1S/C8H13INS.HI/c9-4-2-1-3-5-10-6-7-11-8-10;/h6-8H,1-5H2;1H/q+1;/p-1. The summed E-state index contributed by atoms with van der Waals surface area (Å²) in [7, 11) is 0. The summed E-state index contributed by atoms with van der Waals surface area (Å²) in [6.45, 7) is 1.19. The van der Waals surface area contributed by atoms with Crippen LogP contribution in [0.3, 0.4) is 0 Å². The number of unbranched alkanes of at least 4 members (excludes halogenated alkanes) is 2. The first kappa shape index (κ1) is 13.1. The molecule has 70 valence electrons. The van der Waals surface area contributed by atoms with Gasteiger partial charge in [-0.25, -0.2) is 0 Å². The zero-order valence-corrected chi connectivity index (χ0v) is 12.0. The third-order valence-electron chi connectivity index (χ3n) is 1.58. The minimum absolute atomic E-state index is 0. The number of hydrogen-bond acceptors (Lipinski definition) is 1. The summed E-state index contributed by atoms with van der Waals surface area (Å²) in [5.41, 5.74) is 2.17. The molecule has 1 nitrogen and oxygen atoms in total. The Morgan fingerprint density at radius 1 is 1.25 bits per heavy atom. The van der Waals surface area contributed by atoms with Crippen LogP contribution in [0.5, 0.6) is 0 Å². The van der Waals surface area contributed by atoms with Gasteiger partial charge in [-0.1, -0.05) is 33.9 Å². The summed E-state index contributed by atoms with van der Waals surface area (Å²) < 4.78 is 3.56. The van der Waals surface area contributed by atoms with E-state index in [0.29, 0.717) is 0 Å². The smallest absolute Gasteiger partial charge is 0.224 e. The SMILES string of the molecule is ICCCCC[n+]1ccsc1.[I-]. The van der Waals surface area contributed by atoms with E-state index < -0.39 is 0 Å². The Labute approximate surface area is 109 Å². The van der Waals surface area contributed by atoms with Gasteiger partial charge in [0.05, 0.1) is 5.38 Å². The second kappa shape index (κ2) is 8.68. The van der Waals surface area contributed by atoms with Crippen LogP contribution in [0.15, 0.2) is 17.1 Å². The molecule has 1 rings (SSSR count). The van der Waals surface area contributed by atoms with Crippen LogP contribution in [0.1, 0.15) is 19.3 Å². The van der Waals surface area contributed by atoms with Gasteiger partial charge >= 0.3 is 0 Å². The van der Waals surface area contributed by atoms with Gasteiger partial charge in [-0.3, -0.25) is 0 Å². The number of rotatable bonds is 5. The molecule has 0 fully saturated rings. The van der Waals surface area contributed by atoms with Crippen LogP contribution in [-0.4, -0.2) is 4.43 Å². The van der Waals surface area contributed by atoms with E-state index >= 15 is 0 Å². The average molecular weight is 409 g/mol. The maximum Gasteiger partial charge on any atom is 0.224 e. The zero-order valence-electron chi connectivity index (χ0n) is 6.88. The van der Waals surface area contributed by atoms with Crippen molar-refractivity contribution in [1.82, 2.24) is 0 Å². The molecule has 0 unspecified atom stereocenters. The van der Waals surface area contributed by atoms with E-state index in [4.69, 9.17) is 0 Å². The Kier molecular flexibility index (Phi) is 9.47. The molecule has 0 radical (unpaired) electrons. The number of thiazole rings is 1. The summed E-state index contributed by atoms with van der Waals surface area (Å²) in [5.74, 6) is 0. The Hall–Kier alpha value is 1.09. The van der Waals surface area contributed by atoms with Gasteiger partial charge in [-0.15, -0.1) is 0 Å². The normalized spacial score (nSPS) is 9.42. The highest BCUT2D eigenvalue weighted by Crippen LogP contribution is 1.99. The van der Waals surface area contributed by atoms with Crippen molar-refractivity contribution in [2.75, 3.05) is 4.43 Å². The summed E-state index contributed by atoms with van der Waals surface area (Å²) in [6, 6.07) is 0. The lowest BCUT2D eigenvalue weighted by Gasteiger charge is -1.92. The number of aromatic nitrogens is 1. The molecule has 0 saturated heterocycles. The Balaban J connectivity index is 0.00000121. The van der Waals surface area contributed by atoms with Crippen molar-refractivity contribution in [2.24, 2.45) is 0 Å². The van der Waals surface area contributed by atoms with Crippen molar-refractivity contribution in [2.45, 2.75) is 25.8 Å². The molecule has 0 saturated carbocycles. The first-order valence-electron chi connectivity index (χ1n) is 3.90. The number of nitrogens with zero attached hydrogens (tertiary/aromatic N) is 1. The molecule has 0 aliphatic heterocycles. The number of aryl methyl sites for hydroxylation is 1. The lowest BCUT2D eigenvalue weighted by Crippen LogP contribution is -3.00. The summed E-state index contributed by atoms with van der Waals surface area (Å²) >= 11 is 4.20. The van der Waals surface area contributed by atoms with Crippen LogP contribution in [-0.2, 0) is 6.54 Å².